The van der Waals surface area contributed by atoms with Crippen LogP contribution in [-0.4, -0.2) is 54.7 Å². The van der Waals surface area contributed by atoms with Crippen molar-refractivity contribution in [1.82, 2.24) is 9.47 Å². The summed E-state index contributed by atoms with van der Waals surface area (Å²) < 4.78 is 11.7. The molecular formula is C19H20ClN3O5. The van der Waals surface area contributed by atoms with E-state index in [1.165, 1.54) is 37.1 Å². The minimum Gasteiger partial charge on any atom is -0.496 e. The molecule has 0 bridgehead atoms. The quantitative estimate of drug-likeness (QED) is 0.837. The lowest BCUT2D eigenvalue weighted by Crippen LogP contribution is -2.41. The molecule has 1 fully saturated rings. The predicted octanol–water partition coefficient (Wildman–Crippen LogP) is 1.77. The van der Waals surface area contributed by atoms with E-state index in [-0.39, 0.29) is 17.2 Å². The maximum absolute atomic E-state index is 12.7. The summed E-state index contributed by atoms with van der Waals surface area (Å²) >= 11 is 5.97. The van der Waals surface area contributed by atoms with Crippen molar-refractivity contribution in [3.63, 3.8) is 0 Å². The van der Waals surface area contributed by atoms with E-state index in [1.807, 2.05) is 0 Å². The molecule has 1 aliphatic heterocycles. The molecule has 8 nitrogen and oxygen atoms in total. The zero-order valence-corrected chi connectivity index (χ0v) is 16.3. The molecule has 1 aliphatic rings. The molecule has 1 saturated heterocycles. The summed E-state index contributed by atoms with van der Waals surface area (Å²) in [5.74, 6) is -0.471. The van der Waals surface area contributed by atoms with Crippen LogP contribution in [0.15, 0.2) is 35.3 Å². The van der Waals surface area contributed by atoms with Gasteiger partial charge in [-0.15, -0.1) is 0 Å². The number of methoxy groups -OCH3 is 1. The molecule has 0 saturated carbocycles. The summed E-state index contributed by atoms with van der Waals surface area (Å²) in [5.41, 5.74) is 0.0424. The molecule has 0 radical (unpaired) electrons. The number of amides is 2. The van der Waals surface area contributed by atoms with Gasteiger partial charge >= 0.3 is 0 Å². The topological polar surface area (TPSA) is 89.9 Å². The van der Waals surface area contributed by atoms with Crippen LogP contribution in [-0.2, 0) is 11.8 Å². The smallest absolute Gasteiger partial charge is 0.274 e. The van der Waals surface area contributed by atoms with Gasteiger partial charge in [0.1, 0.15) is 11.4 Å². The van der Waals surface area contributed by atoms with Gasteiger partial charge in [-0.3, -0.25) is 14.4 Å². The molecule has 148 valence electrons. The Labute approximate surface area is 166 Å². The monoisotopic (exact) mass is 405 g/mol. The number of morpholine rings is 1. The molecule has 3 rings (SSSR count). The maximum Gasteiger partial charge on any atom is 0.274 e. The summed E-state index contributed by atoms with van der Waals surface area (Å²) in [6, 6.07) is 5.99. The Bertz CT molecular complexity index is 967. The van der Waals surface area contributed by atoms with Crippen LogP contribution in [0.2, 0.25) is 5.02 Å². The van der Waals surface area contributed by atoms with E-state index < -0.39 is 11.5 Å². The van der Waals surface area contributed by atoms with Crippen LogP contribution in [0.1, 0.15) is 20.7 Å². The maximum atomic E-state index is 12.7. The number of carbonyl (C=O) groups is 2. The number of nitrogens with one attached hydrogen (secondary N) is 1. The highest BCUT2D eigenvalue weighted by molar-refractivity contribution is 6.31. The number of aryl methyl sites for hydroxylation is 1. The van der Waals surface area contributed by atoms with E-state index in [0.717, 1.165) is 0 Å². The molecule has 0 atom stereocenters. The lowest BCUT2D eigenvalue weighted by atomic mass is 10.1. The molecule has 0 aliphatic carbocycles. The molecule has 28 heavy (non-hydrogen) atoms. The van der Waals surface area contributed by atoms with Crippen LogP contribution in [0.4, 0.5) is 5.69 Å². The fourth-order valence-corrected chi connectivity index (χ4v) is 3.09. The second-order valence-electron chi connectivity index (χ2n) is 6.26. The molecule has 1 aromatic carbocycles. The number of anilines is 1. The Hall–Kier alpha value is -2.84. The molecular weight excluding hydrogens is 386 g/mol. The minimum atomic E-state index is -0.563. The van der Waals surface area contributed by atoms with Crippen molar-refractivity contribution in [3.05, 3.63) is 57.0 Å². The highest BCUT2D eigenvalue weighted by atomic mass is 35.5. The van der Waals surface area contributed by atoms with Gasteiger partial charge < -0.3 is 24.3 Å². The second-order valence-corrected chi connectivity index (χ2v) is 6.70. The fraction of sp³-hybridized carbons (Fsp3) is 0.316. The molecule has 2 amide bonds. The molecule has 1 aromatic heterocycles. The number of carbonyl (C=O) groups excluding carboxylic acids is 2. The average molecular weight is 406 g/mol. The number of pyridine rings is 1. The summed E-state index contributed by atoms with van der Waals surface area (Å²) in [7, 11) is 2.95. The van der Waals surface area contributed by atoms with Crippen molar-refractivity contribution in [3.8, 4) is 5.75 Å². The van der Waals surface area contributed by atoms with E-state index in [1.54, 1.807) is 17.0 Å². The Kier molecular flexibility index (Phi) is 6.01. The third-order valence-corrected chi connectivity index (χ3v) is 4.62. The van der Waals surface area contributed by atoms with Crippen molar-refractivity contribution in [2.24, 2.45) is 7.05 Å². The van der Waals surface area contributed by atoms with Crippen LogP contribution in [0.3, 0.4) is 0 Å². The van der Waals surface area contributed by atoms with Gasteiger partial charge in [-0.25, -0.2) is 0 Å². The van der Waals surface area contributed by atoms with Crippen molar-refractivity contribution >= 4 is 29.1 Å². The molecule has 0 unspecified atom stereocenters. The van der Waals surface area contributed by atoms with Crippen LogP contribution < -0.4 is 15.6 Å². The van der Waals surface area contributed by atoms with Gasteiger partial charge in [-0.1, -0.05) is 11.6 Å². The van der Waals surface area contributed by atoms with Gasteiger partial charge in [0, 0.05) is 31.4 Å². The Morgan fingerprint density at radius 3 is 2.61 bits per heavy atom. The van der Waals surface area contributed by atoms with Crippen molar-refractivity contribution in [2.75, 3.05) is 38.7 Å². The van der Waals surface area contributed by atoms with E-state index in [0.29, 0.717) is 42.6 Å². The summed E-state index contributed by atoms with van der Waals surface area (Å²) in [5, 5.41) is 2.92. The Balaban J connectivity index is 1.91. The van der Waals surface area contributed by atoms with Crippen molar-refractivity contribution in [2.45, 2.75) is 0 Å². The average Bonchev–Trinajstić information content (AvgIpc) is 2.71. The molecule has 2 heterocycles. The van der Waals surface area contributed by atoms with E-state index >= 15 is 0 Å². The summed E-state index contributed by atoms with van der Waals surface area (Å²) in [4.78, 5) is 39.5. The highest BCUT2D eigenvalue weighted by Gasteiger charge is 2.21. The first-order valence-electron chi connectivity index (χ1n) is 8.63. The number of hydrogen-bond acceptors (Lipinski definition) is 5. The number of hydrogen-bond donors (Lipinski definition) is 1. The molecule has 2 aromatic rings. The number of halogens is 1. The van der Waals surface area contributed by atoms with E-state index in [9.17, 15) is 14.4 Å². The minimum absolute atomic E-state index is 0.00589. The number of rotatable bonds is 4. The molecule has 1 N–H and O–H groups in total. The first kappa shape index (κ1) is 19.9. The van der Waals surface area contributed by atoms with Crippen LogP contribution >= 0.6 is 11.6 Å². The number of nitrogens with zero attached hydrogens (tertiary/aromatic N) is 2. The van der Waals surface area contributed by atoms with Gasteiger partial charge in [0.25, 0.3) is 17.4 Å². The zero-order chi connectivity index (χ0) is 20.3. The van der Waals surface area contributed by atoms with Gasteiger partial charge in [-0.2, -0.15) is 0 Å². The SMILES string of the molecule is COc1ccc(Cl)cc1C(=O)Nc1cc(C(=O)N2CCOCC2)cn(C)c1=O. The van der Waals surface area contributed by atoms with Gasteiger partial charge in [0.05, 0.1) is 31.5 Å². The van der Waals surface area contributed by atoms with Crippen LogP contribution in [0.25, 0.3) is 0 Å². The standard InChI is InChI=1S/C19H20ClN3O5/c1-22-11-12(18(25)23-5-7-28-8-6-23)9-15(19(22)26)21-17(24)14-10-13(20)3-4-16(14)27-2/h3-4,9-11H,5-8H2,1-2H3,(H,21,24). The lowest BCUT2D eigenvalue weighted by molar-refractivity contribution is 0.0302. The first-order valence-corrected chi connectivity index (χ1v) is 9.01. The summed E-state index contributed by atoms with van der Waals surface area (Å²) in [6.45, 7) is 1.89. The third kappa shape index (κ3) is 4.18. The van der Waals surface area contributed by atoms with Crippen LogP contribution in [0, 0.1) is 0 Å². The number of ether oxygens (including phenoxy) is 2. The lowest BCUT2D eigenvalue weighted by Gasteiger charge is -2.27. The van der Waals surface area contributed by atoms with Crippen molar-refractivity contribution < 1.29 is 19.1 Å². The molecule has 9 heteroatoms. The number of benzene rings is 1. The van der Waals surface area contributed by atoms with Crippen LogP contribution in [0.5, 0.6) is 5.75 Å². The van der Waals surface area contributed by atoms with E-state index in [2.05, 4.69) is 5.32 Å². The zero-order valence-electron chi connectivity index (χ0n) is 15.5. The van der Waals surface area contributed by atoms with Gasteiger partial charge in [0.15, 0.2) is 0 Å². The highest BCUT2D eigenvalue weighted by Crippen LogP contribution is 2.23. The van der Waals surface area contributed by atoms with Gasteiger partial charge in [0.2, 0.25) is 0 Å². The van der Waals surface area contributed by atoms with Crippen molar-refractivity contribution in [1.29, 1.82) is 0 Å². The Morgan fingerprint density at radius 2 is 1.93 bits per heavy atom. The fourth-order valence-electron chi connectivity index (χ4n) is 2.91. The largest absolute Gasteiger partial charge is 0.496 e. The molecule has 0 spiro atoms. The second kappa shape index (κ2) is 8.45. The van der Waals surface area contributed by atoms with Gasteiger partial charge in [-0.05, 0) is 24.3 Å². The third-order valence-electron chi connectivity index (χ3n) is 4.38. The number of aromatic nitrogens is 1. The predicted molar refractivity (Wildman–Crippen MR) is 104 cm³/mol. The van der Waals surface area contributed by atoms with E-state index in [4.69, 9.17) is 21.1 Å². The first-order chi connectivity index (χ1) is 13.4. The Morgan fingerprint density at radius 1 is 1.21 bits per heavy atom. The normalized spacial score (nSPS) is 13.9. The summed E-state index contributed by atoms with van der Waals surface area (Å²) in [6.07, 6.45) is 1.45.